The average molecular weight is 264 g/mol. The van der Waals surface area contributed by atoms with E-state index in [1.807, 2.05) is 0 Å². The first-order chi connectivity index (χ1) is 9.06. The third-order valence-electron chi connectivity index (χ3n) is 3.06. The lowest BCUT2D eigenvalue weighted by Gasteiger charge is -2.11. The van der Waals surface area contributed by atoms with E-state index in [0.29, 0.717) is 25.8 Å². The van der Waals surface area contributed by atoms with Gasteiger partial charge in [0.1, 0.15) is 6.04 Å². The number of carbonyl (C=O) groups excluding carboxylic acids is 2. The molecule has 1 aliphatic heterocycles. The van der Waals surface area contributed by atoms with Crippen molar-refractivity contribution in [2.75, 3.05) is 6.54 Å². The average Bonchev–Trinajstić information content (AvgIpc) is 2.80. The van der Waals surface area contributed by atoms with Gasteiger partial charge in [-0.25, -0.2) is 0 Å². The van der Waals surface area contributed by atoms with Gasteiger partial charge in [0, 0.05) is 13.0 Å². The quantitative estimate of drug-likeness (QED) is 0.577. The predicted octanol–water partition coefficient (Wildman–Crippen LogP) is 0.0351. The Hall–Kier alpha value is -2.24. The van der Waals surface area contributed by atoms with E-state index in [4.69, 9.17) is 5.11 Å². The van der Waals surface area contributed by atoms with Gasteiger partial charge >= 0.3 is 0 Å². The summed E-state index contributed by atoms with van der Waals surface area (Å²) < 4.78 is 0. The molecule has 1 unspecified atom stereocenters. The molecule has 1 heterocycles. The Kier molecular flexibility index (Phi) is 3.89. The summed E-state index contributed by atoms with van der Waals surface area (Å²) in [5, 5.41) is 23.8. The molecule has 1 saturated heterocycles. The van der Waals surface area contributed by atoms with Crippen LogP contribution in [-0.4, -0.2) is 34.6 Å². The van der Waals surface area contributed by atoms with Crippen LogP contribution in [0.1, 0.15) is 18.4 Å². The molecule has 19 heavy (non-hydrogen) atoms. The van der Waals surface area contributed by atoms with E-state index in [0.717, 1.165) is 5.56 Å². The van der Waals surface area contributed by atoms with Crippen molar-refractivity contribution in [3.05, 3.63) is 23.8 Å². The molecule has 1 aliphatic rings. The van der Waals surface area contributed by atoms with Crippen LogP contribution in [0.4, 0.5) is 0 Å². The van der Waals surface area contributed by atoms with Crippen LogP contribution in [0.25, 0.3) is 0 Å². The normalized spacial score (nSPS) is 18.1. The fourth-order valence-corrected chi connectivity index (χ4v) is 1.99. The Bertz CT molecular complexity index is 501. The fraction of sp³-hybridized carbons (Fsp3) is 0.385. The van der Waals surface area contributed by atoms with Crippen LogP contribution in [-0.2, 0) is 16.0 Å². The molecule has 0 saturated carbocycles. The SMILES string of the molecule is O=C1CCC(C(=O)NCCc2ccc(O)c(O)c2)N1. The second kappa shape index (κ2) is 5.60. The van der Waals surface area contributed by atoms with Gasteiger partial charge in [-0.05, 0) is 30.5 Å². The van der Waals surface area contributed by atoms with Crippen LogP contribution < -0.4 is 10.6 Å². The van der Waals surface area contributed by atoms with Crippen LogP contribution in [0.5, 0.6) is 11.5 Å². The molecule has 6 nitrogen and oxygen atoms in total. The first-order valence-corrected chi connectivity index (χ1v) is 6.14. The summed E-state index contributed by atoms with van der Waals surface area (Å²) in [7, 11) is 0. The molecule has 0 aliphatic carbocycles. The van der Waals surface area contributed by atoms with E-state index in [9.17, 15) is 14.7 Å². The highest BCUT2D eigenvalue weighted by Crippen LogP contribution is 2.24. The highest BCUT2D eigenvalue weighted by molar-refractivity contribution is 5.90. The number of nitrogens with one attached hydrogen (secondary N) is 2. The lowest BCUT2D eigenvalue weighted by Crippen LogP contribution is -2.42. The lowest BCUT2D eigenvalue weighted by atomic mass is 10.1. The molecule has 1 atom stereocenters. The largest absolute Gasteiger partial charge is 0.504 e. The standard InChI is InChI=1S/C13H16N2O4/c16-10-3-1-8(7-11(10)17)5-6-14-13(19)9-2-4-12(18)15-9/h1,3,7,9,16-17H,2,4-6H2,(H,14,19)(H,15,18). The monoisotopic (exact) mass is 264 g/mol. The Morgan fingerprint density at radius 2 is 2.16 bits per heavy atom. The summed E-state index contributed by atoms with van der Waals surface area (Å²) in [5.74, 6) is -0.620. The van der Waals surface area contributed by atoms with Gasteiger partial charge in [0.25, 0.3) is 0 Å². The zero-order valence-corrected chi connectivity index (χ0v) is 10.3. The summed E-state index contributed by atoms with van der Waals surface area (Å²) in [6.45, 7) is 0.412. The summed E-state index contributed by atoms with van der Waals surface area (Å²) >= 11 is 0. The van der Waals surface area contributed by atoms with Crippen molar-refractivity contribution >= 4 is 11.8 Å². The number of aromatic hydroxyl groups is 2. The van der Waals surface area contributed by atoms with Gasteiger partial charge in [0.05, 0.1) is 0 Å². The van der Waals surface area contributed by atoms with Crippen molar-refractivity contribution in [1.29, 1.82) is 0 Å². The van der Waals surface area contributed by atoms with E-state index in [2.05, 4.69) is 10.6 Å². The lowest BCUT2D eigenvalue weighted by molar-refractivity contribution is -0.125. The van der Waals surface area contributed by atoms with Crippen molar-refractivity contribution in [2.24, 2.45) is 0 Å². The van der Waals surface area contributed by atoms with E-state index in [-0.39, 0.29) is 23.3 Å². The van der Waals surface area contributed by atoms with Crippen molar-refractivity contribution in [2.45, 2.75) is 25.3 Å². The van der Waals surface area contributed by atoms with Gasteiger partial charge in [-0.15, -0.1) is 0 Å². The summed E-state index contributed by atoms with van der Waals surface area (Å²) in [6, 6.07) is 4.11. The number of amides is 2. The Balaban J connectivity index is 1.78. The second-order valence-electron chi connectivity index (χ2n) is 4.52. The number of phenolic OH excluding ortho intramolecular Hbond substituents is 2. The Morgan fingerprint density at radius 1 is 1.37 bits per heavy atom. The van der Waals surface area contributed by atoms with Crippen LogP contribution in [0, 0.1) is 0 Å². The molecule has 0 aromatic heterocycles. The molecule has 0 spiro atoms. The molecular formula is C13H16N2O4. The predicted molar refractivity (Wildman–Crippen MR) is 67.7 cm³/mol. The highest BCUT2D eigenvalue weighted by Gasteiger charge is 2.26. The number of carbonyl (C=O) groups is 2. The van der Waals surface area contributed by atoms with E-state index >= 15 is 0 Å². The molecule has 4 N–H and O–H groups in total. The molecule has 1 aromatic carbocycles. The molecule has 2 amide bonds. The van der Waals surface area contributed by atoms with E-state index < -0.39 is 6.04 Å². The molecule has 0 radical (unpaired) electrons. The van der Waals surface area contributed by atoms with Crippen LogP contribution in [0.3, 0.4) is 0 Å². The maximum Gasteiger partial charge on any atom is 0.242 e. The first kappa shape index (κ1) is 13.2. The van der Waals surface area contributed by atoms with Crippen molar-refractivity contribution in [3.8, 4) is 11.5 Å². The highest BCUT2D eigenvalue weighted by atomic mass is 16.3. The summed E-state index contributed by atoms with van der Waals surface area (Å²) in [6.07, 6.45) is 1.47. The van der Waals surface area contributed by atoms with Crippen molar-refractivity contribution in [3.63, 3.8) is 0 Å². The minimum atomic E-state index is -0.430. The van der Waals surface area contributed by atoms with Gasteiger partial charge in [-0.3, -0.25) is 9.59 Å². The first-order valence-electron chi connectivity index (χ1n) is 6.14. The van der Waals surface area contributed by atoms with E-state index in [1.54, 1.807) is 6.07 Å². The van der Waals surface area contributed by atoms with Gasteiger partial charge < -0.3 is 20.8 Å². The summed E-state index contributed by atoms with van der Waals surface area (Å²) in [4.78, 5) is 22.7. The van der Waals surface area contributed by atoms with Crippen LogP contribution >= 0.6 is 0 Å². The molecule has 2 rings (SSSR count). The number of hydrogen-bond acceptors (Lipinski definition) is 4. The minimum absolute atomic E-state index is 0.0939. The molecule has 0 bridgehead atoms. The number of hydrogen-bond donors (Lipinski definition) is 4. The number of phenols is 2. The zero-order valence-electron chi connectivity index (χ0n) is 10.3. The van der Waals surface area contributed by atoms with Crippen molar-refractivity contribution in [1.82, 2.24) is 10.6 Å². The van der Waals surface area contributed by atoms with Gasteiger partial charge in [0.15, 0.2) is 11.5 Å². The maximum absolute atomic E-state index is 11.7. The molecule has 1 fully saturated rings. The smallest absolute Gasteiger partial charge is 0.242 e. The Morgan fingerprint density at radius 3 is 2.79 bits per heavy atom. The minimum Gasteiger partial charge on any atom is -0.504 e. The zero-order chi connectivity index (χ0) is 13.8. The van der Waals surface area contributed by atoms with Crippen molar-refractivity contribution < 1.29 is 19.8 Å². The van der Waals surface area contributed by atoms with Gasteiger partial charge in [0.2, 0.25) is 11.8 Å². The third kappa shape index (κ3) is 3.37. The fourth-order valence-electron chi connectivity index (χ4n) is 1.99. The topological polar surface area (TPSA) is 98.7 Å². The number of benzene rings is 1. The number of rotatable bonds is 4. The van der Waals surface area contributed by atoms with Gasteiger partial charge in [-0.2, -0.15) is 0 Å². The molecule has 102 valence electrons. The van der Waals surface area contributed by atoms with E-state index in [1.165, 1.54) is 12.1 Å². The molecule has 6 heteroatoms. The summed E-state index contributed by atoms with van der Waals surface area (Å²) in [5.41, 5.74) is 0.811. The molecular weight excluding hydrogens is 248 g/mol. The second-order valence-corrected chi connectivity index (χ2v) is 4.52. The van der Waals surface area contributed by atoms with Gasteiger partial charge in [-0.1, -0.05) is 6.07 Å². The van der Waals surface area contributed by atoms with Crippen LogP contribution in [0.2, 0.25) is 0 Å². The Labute approximate surface area is 110 Å². The molecule has 1 aromatic rings. The third-order valence-corrected chi connectivity index (χ3v) is 3.06. The van der Waals surface area contributed by atoms with Crippen LogP contribution in [0.15, 0.2) is 18.2 Å². The maximum atomic E-state index is 11.7.